The molecule has 0 amide bonds. The van der Waals surface area contributed by atoms with Crippen molar-refractivity contribution in [2.24, 2.45) is 4.99 Å². The summed E-state index contributed by atoms with van der Waals surface area (Å²) >= 11 is 0. The lowest BCUT2D eigenvalue weighted by Crippen LogP contribution is -2.37. The molecule has 0 radical (unpaired) electrons. The summed E-state index contributed by atoms with van der Waals surface area (Å²) in [6.45, 7) is 1.90. The van der Waals surface area contributed by atoms with Crippen LogP contribution in [0, 0.1) is 5.82 Å². The third-order valence-corrected chi connectivity index (χ3v) is 3.73. The molecule has 0 saturated heterocycles. The van der Waals surface area contributed by atoms with Crippen LogP contribution in [0.3, 0.4) is 0 Å². The van der Waals surface area contributed by atoms with E-state index in [2.05, 4.69) is 30.4 Å². The van der Waals surface area contributed by atoms with E-state index in [1.54, 1.807) is 19.2 Å². The summed E-state index contributed by atoms with van der Waals surface area (Å²) in [7, 11) is 1.69. The highest BCUT2D eigenvalue weighted by Gasteiger charge is 2.17. The Morgan fingerprint density at radius 2 is 2.09 bits per heavy atom. The van der Waals surface area contributed by atoms with Gasteiger partial charge in [0.15, 0.2) is 11.8 Å². The summed E-state index contributed by atoms with van der Waals surface area (Å²) in [4.78, 5) is 4.14. The lowest BCUT2D eigenvalue weighted by atomic mass is 10.2. The molecule has 1 aliphatic heterocycles. The van der Waals surface area contributed by atoms with E-state index in [0.717, 1.165) is 31.0 Å². The topological polar surface area (TPSA) is 67.1 Å². The Balaban J connectivity index is 1.55. The first-order chi connectivity index (χ1) is 10.8. The highest BCUT2D eigenvalue weighted by molar-refractivity contribution is 5.79. The summed E-state index contributed by atoms with van der Waals surface area (Å²) in [6.07, 6.45) is 2.12. The number of rotatable bonds is 4. The summed E-state index contributed by atoms with van der Waals surface area (Å²) < 4.78 is 15.7. The van der Waals surface area contributed by atoms with E-state index >= 15 is 0 Å². The van der Waals surface area contributed by atoms with E-state index in [1.807, 2.05) is 6.07 Å². The van der Waals surface area contributed by atoms with Crippen molar-refractivity contribution < 1.29 is 4.39 Å². The van der Waals surface area contributed by atoms with Crippen molar-refractivity contribution in [3.8, 4) is 0 Å². The molecular weight excluding hydrogens is 283 g/mol. The van der Waals surface area contributed by atoms with Gasteiger partial charge in [-0.25, -0.2) is 4.39 Å². The van der Waals surface area contributed by atoms with Crippen molar-refractivity contribution in [3.63, 3.8) is 0 Å². The van der Waals surface area contributed by atoms with Crippen LogP contribution in [0.15, 0.2) is 29.3 Å². The summed E-state index contributed by atoms with van der Waals surface area (Å²) in [6, 6.07) is 6.70. The number of hydrogen-bond donors (Lipinski definition) is 2. The third kappa shape index (κ3) is 3.08. The summed E-state index contributed by atoms with van der Waals surface area (Å²) in [5.74, 6) is 2.34. The lowest BCUT2D eigenvalue weighted by Gasteiger charge is -2.12. The van der Waals surface area contributed by atoms with Crippen molar-refractivity contribution in [1.82, 2.24) is 25.4 Å². The molecule has 0 spiro atoms. The number of hydrogen-bond acceptors (Lipinski definition) is 3. The second kappa shape index (κ2) is 6.55. The number of nitrogens with one attached hydrogen (secondary N) is 2. The van der Waals surface area contributed by atoms with Crippen molar-refractivity contribution in [3.05, 3.63) is 47.3 Å². The van der Waals surface area contributed by atoms with Crippen LogP contribution in [0.2, 0.25) is 0 Å². The standard InChI is InChI=1S/C15H19FN6/c1-17-15(18-9-11-5-2-3-6-12(11)16)19-10-14-21-20-13-7-4-8-22(13)14/h2-3,5-6H,4,7-10H2,1H3,(H2,17,18,19). The predicted molar refractivity (Wildman–Crippen MR) is 81.8 cm³/mol. The molecule has 0 unspecified atom stereocenters. The van der Waals surface area contributed by atoms with Crippen LogP contribution in [-0.4, -0.2) is 27.8 Å². The molecule has 116 valence electrons. The van der Waals surface area contributed by atoms with Gasteiger partial charge in [0, 0.05) is 32.1 Å². The number of benzene rings is 1. The Bertz CT molecular complexity index is 678. The van der Waals surface area contributed by atoms with Gasteiger partial charge in [0.1, 0.15) is 11.6 Å². The summed E-state index contributed by atoms with van der Waals surface area (Å²) in [5, 5.41) is 14.6. The van der Waals surface area contributed by atoms with E-state index in [0.29, 0.717) is 24.6 Å². The Labute approximate surface area is 128 Å². The maximum absolute atomic E-state index is 13.6. The number of guanidine groups is 1. The minimum atomic E-state index is -0.222. The van der Waals surface area contributed by atoms with Crippen molar-refractivity contribution >= 4 is 5.96 Å². The van der Waals surface area contributed by atoms with Gasteiger partial charge in [-0.3, -0.25) is 4.99 Å². The number of nitrogens with zero attached hydrogens (tertiary/aromatic N) is 4. The van der Waals surface area contributed by atoms with E-state index in [4.69, 9.17) is 0 Å². The number of aryl methyl sites for hydroxylation is 1. The molecule has 7 heteroatoms. The maximum Gasteiger partial charge on any atom is 0.191 e. The molecule has 0 bridgehead atoms. The molecule has 0 atom stereocenters. The van der Waals surface area contributed by atoms with Crippen LogP contribution in [0.5, 0.6) is 0 Å². The van der Waals surface area contributed by atoms with Gasteiger partial charge in [0.2, 0.25) is 0 Å². The monoisotopic (exact) mass is 302 g/mol. The molecule has 0 aliphatic carbocycles. The second-order valence-corrected chi connectivity index (χ2v) is 5.16. The molecule has 2 heterocycles. The largest absolute Gasteiger partial charge is 0.352 e. The van der Waals surface area contributed by atoms with Gasteiger partial charge < -0.3 is 15.2 Å². The molecule has 22 heavy (non-hydrogen) atoms. The first-order valence-electron chi connectivity index (χ1n) is 7.37. The van der Waals surface area contributed by atoms with E-state index in [-0.39, 0.29) is 5.82 Å². The number of aliphatic imine (C=N–C) groups is 1. The third-order valence-electron chi connectivity index (χ3n) is 3.73. The molecule has 2 aromatic rings. The SMILES string of the molecule is CN=C(NCc1ccccc1F)NCc1nnc2n1CCC2. The highest BCUT2D eigenvalue weighted by atomic mass is 19.1. The van der Waals surface area contributed by atoms with Gasteiger partial charge >= 0.3 is 0 Å². The molecule has 1 aromatic heterocycles. The molecule has 0 fully saturated rings. The van der Waals surface area contributed by atoms with Crippen LogP contribution in [-0.2, 0) is 26.1 Å². The minimum absolute atomic E-state index is 0.222. The van der Waals surface area contributed by atoms with Crippen LogP contribution >= 0.6 is 0 Å². The van der Waals surface area contributed by atoms with Gasteiger partial charge in [-0.05, 0) is 12.5 Å². The van der Waals surface area contributed by atoms with Crippen LogP contribution < -0.4 is 10.6 Å². The average Bonchev–Trinajstić information content (AvgIpc) is 3.13. The quantitative estimate of drug-likeness (QED) is 0.658. The molecular formula is C15H19FN6. The number of fused-ring (bicyclic) bond motifs is 1. The summed E-state index contributed by atoms with van der Waals surface area (Å²) in [5.41, 5.74) is 0.605. The molecule has 3 rings (SSSR count). The van der Waals surface area contributed by atoms with E-state index < -0.39 is 0 Å². The van der Waals surface area contributed by atoms with Gasteiger partial charge in [0.05, 0.1) is 6.54 Å². The van der Waals surface area contributed by atoms with Crippen molar-refractivity contribution in [2.45, 2.75) is 32.5 Å². The maximum atomic E-state index is 13.6. The Kier molecular flexibility index (Phi) is 4.32. The zero-order chi connectivity index (χ0) is 15.4. The fourth-order valence-corrected chi connectivity index (χ4v) is 2.55. The van der Waals surface area contributed by atoms with Crippen molar-refractivity contribution in [2.75, 3.05) is 7.05 Å². The zero-order valence-corrected chi connectivity index (χ0v) is 12.5. The predicted octanol–water partition coefficient (Wildman–Crippen LogP) is 1.23. The number of aromatic nitrogens is 3. The zero-order valence-electron chi connectivity index (χ0n) is 12.5. The van der Waals surface area contributed by atoms with Crippen LogP contribution in [0.25, 0.3) is 0 Å². The Hall–Kier alpha value is -2.44. The molecule has 6 nitrogen and oxygen atoms in total. The average molecular weight is 302 g/mol. The first-order valence-corrected chi connectivity index (χ1v) is 7.37. The molecule has 1 aliphatic rings. The lowest BCUT2D eigenvalue weighted by molar-refractivity contribution is 0.603. The fraction of sp³-hybridized carbons (Fsp3) is 0.400. The minimum Gasteiger partial charge on any atom is -0.352 e. The smallest absolute Gasteiger partial charge is 0.191 e. The van der Waals surface area contributed by atoms with E-state index in [9.17, 15) is 4.39 Å². The number of halogens is 1. The Morgan fingerprint density at radius 3 is 2.91 bits per heavy atom. The Morgan fingerprint density at radius 1 is 1.27 bits per heavy atom. The van der Waals surface area contributed by atoms with Crippen LogP contribution in [0.4, 0.5) is 4.39 Å². The first kappa shape index (κ1) is 14.5. The van der Waals surface area contributed by atoms with Gasteiger partial charge in [0.25, 0.3) is 0 Å². The van der Waals surface area contributed by atoms with Crippen molar-refractivity contribution in [1.29, 1.82) is 0 Å². The van der Waals surface area contributed by atoms with Gasteiger partial charge in [-0.15, -0.1) is 10.2 Å². The van der Waals surface area contributed by atoms with Gasteiger partial charge in [-0.1, -0.05) is 18.2 Å². The molecule has 1 aromatic carbocycles. The molecule has 0 saturated carbocycles. The fourth-order valence-electron chi connectivity index (χ4n) is 2.55. The molecule has 2 N–H and O–H groups in total. The second-order valence-electron chi connectivity index (χ2n) is 5.16. The highest BCUT2D eigenvalue weighted by Crippen LogP contribution is 2.13. The van der Waals surface area contributed by atoms with E-state index in [1.165, 1.54) is 6.07 Å². The van der Waals surface area contributed by atoms with Crippen LogP contribution in [0.1, 0.15) is 23.6 Å². The van der Waals surface area contributed by atoms with Gasteiger partial charge in [-0.2, -0.15) is 0 Å². The normalized spacial score (nSPS) is 14.0.